The Kier molecular flexibility index (Phi) is 7.44. The Balaban J connectivity index is 2.06. The maximum atomic E-state index is 13.6. The van der Waals surface area contributed by atoms with Crippen molar-refractivity contribution in [3.05, 3.63) is 72.3 Å². The lowest BCUT2D eigenvalue weighted by Gasteiger charge is -2.26. The summed E-state index contributed by atoms with van der Waals surface area (Å²) in [6.07, 6.45) is 0. The van der Waals surface area contributed by atoms with Crippen molar-refractivity contribution in [2.45, 2.75) is 11.8 Å². The van der Waals surface area contributed by atoms with Crippen LogP contribution in [-0.4, -0.2) is 42.2 Å². The van der Waals surface area contributed by atoms with Crippen molar-refractivity contribution in [2.75, 3.05) is 37.5 Å². The minimum atomic E-state index is -4.13. The van der Waals surface area contributed by atoms with Crippen LogP contribution in [-0.2, 0) is 14.8 Å². The van der Waals surface area contributed by atoms with E-state index in [4.69, 9.17) is 14.2 Å². The van der Waals surface area contributed by atoms with Crippen LogP contribution in [0.2, 0.25) is 0 Å². The van der Waals surface area contributed by atoms with E-state index < -0.39 is 22.5 Å². The van der Waals surface area contributed by atoms with Crippen LogP contribution in [0.25, 0.3) is 0 Å². The van der Waals surface area contributed by atoms with Gasteiger partial charge in [-0.1, -0.05) is 29.8 Å². The summed E-state index contributed by atoms with van der Waals surface area (Å²) in [6, 6.07) is 18.0. The monoisotopic (exact) mass is 470 g/mol. The molecular formula is C24H26N2O6S. The number of rotatable bonds is 9. The lowest BCUT2D eigenvalue weighted by molar-refractivity contribution is -0.114. The Hall–Kier alpha value is -3.72. The van der Waals surface area contributed by atoms with Crippen LogP contribution in [0.4, 0.5) is 11.4 Å². The summed E-state index contributed by atoms with van der Waals surface area (Å²) in [4.78, 5) is 13.1. The van der Waals surface area contributed by atoms with E-state index in [9.17, 15) is 13.2 Å². The number of nitrogens with one attached hydrogen (secondary N) is 1. The molecule has 0 saturated carbocycles. The number of amides is 1. The number of hydrogen-bond acceptors (Lipinski definition) is 6. The number of carbonyl (C=O) groups excluding carboxylic acids is 1. The smallest absolute Gasteiger partial charge is 0.264 e. The number of nitrogens with zero attached hydrogens (tertiary/aromatic N) is 1. The predicted octanol–water partition coefficient (Wildman–Crippen LogP) is 3.85. The van der Waals surface area contributed by atoms with Gasteiger partial charge in [-0.2, -0.15) is 0 Å². The number of aryl methyl sites for hydroxylation is 1. The van der Waals surface area contributed by atoms with Gasteiger partial charge in [-0.15, -0.1) is 0 Å². The van der Waals surface area contributed by atoms with Gasteiger partial charge in [0.1, 0.15) is 23.8 Å². The second-order valence-electron chi connectivity index (χ2n) is 7.11. The second-order valence-corrected chi connectivity index (χ2v) is 8.97. The average molecular weight is 471 g/mol. The number of para-hydroxylation sites is 2. The molecule has 0 unspecified atom stereocenters. The van der Waals surface area contributed by atoms with Crippen molar-refractivity contribution in [3.8, 4) is 17.2 Å². The zero-order valence-corrected chi connectivity index (χ0v) is 19.7. The molecule has 174 valence electrons. The van der Waals surface area contributed by atoms with E-state index in [0.717, 1.165) is 9.87 Å². The molecule has 0 aliphatic rings. The molecule has 0 saturated heterocycles. The van der Waals surface area contributed by atoms with E-state index in [1.165, 1.54) is 39.5 Å². The Bertz CT molecular complexity index is 1230. The summed E-state index contributed by atoms with van der Waals surface area (Å²) >= 11 is 0. The summed E-state index contributed by atoms with van der Waals surface area (Å²) < 4.78 is 44.2. The van der Waals surface area contributed by atoms with E-state index >= 15 is 0 Å². The van der Waals surface area contributed by atoms with Gasteiger partial charge in [0.15, 0.2) is 0 Å². The van der Waals surface area contributed by atoms with E-state index in [2.05, 4.69) is 5.32 Å². The molecule has 0 atom stereocenters. The van der Waals surface area contributed by atoms with Crippen molar-refractivity contribution >= 4 is 27.3 Å². The standard InChI is InChI=1S/C24H26N2O6S/c1-17-9-12-19(13-10-17)33(28,29)26(21-15-18(30-2)11-14-23(21)32-4)16-24(27)25-20-7-5-6-8-22(20)31-3/h5-15H,16H2,1-4H3,(H,25,27). The highest BCUT2D eigenvalue weighted by atomic mass is 32.2. The molecule has 0 spiro atoms. The highest BCUT2D eigenvalue weighted by Gasteiger charge is 2.30. The van der Waals surface area contributed by atoms with E-state index in [1.807, 2.05) is 6.92 Å². The predicted molar refractivity (Wildman–Crippen MR) is 127 cm³/mol. The third kappa shape index (κ3) is 5.38. The van der Waals surface area contributed by atoms with Gasteiger partial charge in [0.25, 0.3) is 10.0 Å². The molecular weight excluding hydrogens is 444 g/mol. The highest BCUT2D eigenvalue weighted by Crippen LogP contribution is 2.36. The fraction of sp³-hybridized carbons (Fsp3) is 0.208. The summed E-state index contributed by atoms with van der Waals surface area (Å²) in [7, 11) is 0.259. The summed E-state index contributed by atoms with van der Waals surface area (Å²) in [5.74, 6) is 0.592. The average Bonchev–Trinajstić information content (AvgIpc) is 2.82. The summed E-state index contributed by atoms with van der Waals surface area (Å²) in [5.41, 5.74) is 1.51. The quantitative estimate of drug-likeness (QED) is 0.511. The van der Waals surface area contributed by atoms with Crippen LogP contribution in [0, 0.1) is 6.92 Å². The molecule has 0 aliphatic carbocycles. The first-order chi connectivity index (χ1) is 15.8. The van der Waals surface area contributed by atoms with Crippen molar-refractivity contribution in [3.63, 3.8) is 0 Å². The Morgan fingerprint density at radius 2 is 1.55 bits per heavy atom. The third-order valence-corrected chi connectivity index (χ3v) is 6.71. The van der Waals surface area contributed by atoms with Crippen LogP contribution < -0.4 is 23.8 Å². The molecule has 3 rings (SSSR count). The number of ether oxygens (including phenoxy) is 3. The largest absolute Gasteiger partial charge is 0.497 e. The molecule has 1 amide bonds. The van der Waals surface area contributed by atoms with Crippen LogP contribution in [0.15, 0.2) is 71.6 Å². The molecule has 9 heteroatoms. The normalized spacial score (nSPS) is 10.9. The van der Waals surface area contributed by atoms with E-state index in [1.54, 1.807) is 48.5 Å². The van der Waals surface area contributed by atoms with Crippen LogP contribution in [0.1, 0.15) is 5.56 Å². The number of sulfonamides is 1. The number of anilines is 2. The maximum absolute atomic E-state index is 13.6. The van der Waals surface area contributed by atoms with Gasteiger partial charge in [0, 0.05) is 6.07 Å². The summed E-state index contributed by atoms with van der Waals surface area (Å²) in [5, 5.41) is 2.72. The topological polar surface area (TPSA) is 94.2 Å². The maximum Gasteiger partial charge on any atom is 0.264 e. The van der Waals surface area contributed by atoms with Gasteiger partial charge in [0.2, 0.25) is 5.91 Å². The molecule has 0 radical (unpaired) electrons. The van der Waals surface area contributed by atoms with Gasteiger partial charge < -0.3 is 19.5 Å². The van der Waals surface area contributed by atoms with Crippen molar-refractivity contribution in [1.82, 2.24) is 0 Å². The molecule has 1 N–H and O–H groups in total. The minimum Gasteiger partial charge on any atom is -0.497 e. The van der Waals surface area contributed by atoms with Crippen molar-refractivity contribution in [2.24, 2.45) is 0 Å². The molecule has 0 fully saturated rings. The molecule has 3 aromatic rings. The van der Waals surface area contributed by atoms with Crippen molar-refractivity contribution < 1.29 is 27.4 Å². The molecule has 0 aromatic heterocycles. The fourth-order valence-electron chi connectivity index (χ4n) is 3.20. The van der Waals surface area contributed by atoms with Gasteiger partial charge >= 0.3 is 0 Å². The van der Waals surface area contributed by atoms with Crippen LogP contribution in [0.5, 0.6) is 17.2 Å². The van der Waals surface area contributed by atoms with Gasteiger partial charge in [-0.25, -0.2) is 8.42 Å². The van der Waals surface area contributed by atoms with Gasteiger partial charge in [-0.3, -0.25) is 9.10 Å². The lowest BCUT2D eigenvalue weighted by atomic mass is 10.2. The summed E-state index contributed by atoms with van der Waals surface area (Å²) in [6.45, 7) is 1.36. The SMILES string of the molecule is COc1ccc(OC)c(N(CC(=O)Nc2ccccc2OC)S(=O)(=O)c2ccc(C)cc2)c1. The van der Waals surface area contributed by atoms with Gasteiger partial charge in [0.05, 0.1) is 37.6 Å². The van der Waals surface area contributed by atoms with Crippen molar-refractivity contribution in [1.29, 1.82) is 0 Å². The molecule has 3 aromatic carbocycles. The second kappa shape index (κ2) is 10.3. The number of benzene rings is 3. The Labute approximate surface area is 193 Å². The van der Waals surface area contributed by atoms with Crippen LogP contribution >= 0.6 is 0 Å². The zero-order chi connectivity index (χ0) is 24.0. The van der Waals surface area contributed by atoms with E-state index in [0.29, 0.717) is 17.2 Å². The fourth-order valence-corrected chi connectivity index (χ4v) is 4.62. The molecule has 0 heterocycles. The van der Waals surface area contributed by atoms with E-state index in [-0.39, 0.29) is 16.3 Å². The first-order valence-corrected chi connectivity index (χ1v) is 11.5. The highest BCUT2D eigenvalue weighted by molar-refractivity contribution is 7.92. The zero-order valence-electron chi connectivity index (χ0n) is 18.9. The molecule has 0 aliphatic heterocycles. The number of methoxy groups -OCH3 is 3. The molecule has 8 nitrogen and oxygen atoms in total. The molecule has 0 bridgehead atoms. The number of hydrogen-bond donors (Lipinski definition) is 1. The first-order valence-electron chi connectivity index (χ1n) is 10.0. The first kappa shape index (κ1) is 23.9. The molecule has 33 heavy (non-hydrogen) atoms. The number of carbonyl (C=O) groups is 1. The lowest BCUT2D eigenvalue weighted by Crippen LogP contribution is -2.38. The van der Waals surface area contributed by atoms with Gasteiger partial charge in [-0.05, 0) is 43.3 Å². The third-order valence-electron chi connectivity index (χ3n) is 4.93. The Morgan fingerprint density at radius 1 is 0.879 bits per heavy atom. The Morgan fingerprint density at radius 3 is 2.18 bits per heavy atom. The van der Waals surface area contributed by atoms with Crippen LogP contribution in [0.3, 0.4) is 0 Å². The minimum absolute atomic E-state index is 0.0445.